The SMILES string of the molecule is Cc1ccc(Nc2nc3ccccc3s2)cc1C(=O)O. The molecule has 2 aromatic carbocycles. The van der Waals surface area contributed by atoms with Gasteiger partial charge in [0.15, 0.2) is 5.13 Å². The molecular formula is C15H12N2O2S. The van der Waals surface area contributed by atoms with E-state index < -0.39 is 5.97 Å². The Morgan fingerprint density at radius 1 is 1.25 bits per heavy atom. The molecule has 0 unspecified atom stereocenters. The number of nitrogens with one attached hydrogen (secondary N) is 1. The van der Waals surface area contributed by atoms with E-state index in [9.17, 15) is 4.79 Å². The molecule has 0 saturated heterocycles. The first-order valence-corrected chi connectivity index (χ1v) is 6.92. The molecule has 0 fully saturated rings. The molecule has 1 heterocycles. The van der Waals surface area contributed by atoms with Crippen LogP contribution in [0.3, 0.4) is 0 Å². The normalized spacial score (nSPS) is 10.7. The quantitative estimate of drug-likeness (QED) is 0.761. The van der Waals surface area contributed by atoms with Gasteiger partial charge < -0.3 is 10.4 Å². The summed E-state index contributed by atoms with van der Waals surface area (Å²) in [5.41, 5.74) is 2.71. The molecular weight excluding hydrogens is 272 g/mol. The van der Waals surface area contributed by atoms with E-state index >= 15 is 0 Å². The molecule has 20 heavy (non-hydrogen) atoms. The molecule has 0 aliphatic heterocycles. The second-order valence-electron chi connectivity index (χ2n) is 4.45. The van der Waals surface area contributed by atoms with Crippen molar-refractivity contribution in [3.8, 4) is 0 Å². The fourth-order valence-electron chi connectivity index (χ4n) is 1.98. The monoisotopic (exact) mass is 284 g/mol. The van der Waals surface area contributed by atoms with Crippen molar-refractivity contribution in [1.29, 1.82) is 0 Å². The lowest BCUT2D eigenvalue weighted by Gasteiger charge is -2.06. The number of carboxylic acids is 1. The number of para-hydroxylation sites is 1. The Balaban J connectivity index is 1.94. The lowest BCUT2D eigenvalue weighted by atomic mass is 10.1. The van der Waals surface area contributed by atoms with Crippen molar-refractivity contribution >= 4 is 38.3 Å². The standard InChI is InChI=1S/C15H12N2O2S/c1-9-6-7-10(8-11(9)14(18)19)16-15-17-12-4-2-3-5-13(12)20-15/h2-8H,1H3,(H,16,17)(H,18,19). The van der Waals surface area contributed by atoms with Crippen LogP contribution in [0, 0.1) is 6.92 Å². The summed E-state index contributed by atoms with van der Waals surface area (Å²) in [4.78, 5) is 15.6. The fourth-order valence-corrected chi connectivity index (χ4v) is 2.87. The van der Waals surface area contributed by atoms with E-state index in [-0.39, 0.29) is 0 Å². The van der Waals surface area contributed by atoms with Crippen LogP contribution in [0.25, 0.3) is 10.2 Å². The summed E-state index contributed by atoms with van der Waals surface area (Å²) in [6.07, 6.45) is 0. The van der Waals surface area contributed by atoms with Crippen molar-refractivity contribution < 1.29 is 9.90 Å². The maximum absolute atomic E-state index is 11.1. The van der Waals surface area contributed by atoms with Crippen LogP contribution in [0.5, 0.6) is 0 Å². The zero-order chi connectivity index (χ0) is 14.1. The number of anilines is 2. The van der Waals surface area contributed by atoms with Crippen LogP contribution < -0.4 is 5.32 Å². The van der Waals surface area contributed by atoms with Gasteiger partial charge >= 0.3 is 5.97 Å². The molecule has 2 N–H and O–H groups in total. The molecule has 0 radical (unpaired) electrons. The minimum Gasteiger partial charge on any atom is -0.478 e. The average Bonchev–Trinajstić information content (AvgIpc) is 2.82. The maximum atomic E-state index is 11.1. The topological polar surface area (TPSA) is 62.2 Å². The van der Waals surface area contributed by atoms with Crippen LogP contribution >= 0.6 is 11.3 Å². The molecule has 5 heteroatoms. The Kier molecular flexibility index (Phi) is 3.12. The van der Waals surface area contributed by atoms with Gasteiger partial charge in [0, 0.05) is 5.69 Å². The van der Waals surface area contributed by atoms with Crippen molar-refractivity contribution in [3.05, 3.63) is 53.6 Å². The number of aryl methyl sites for hydroxylation is 1. The lowest BCUT2D eigenvalue weighted by Crippen LogP contribution is -2.01. The lowest BCUT2D eigenvalue weighted by molar-refractivity contribution is 0.0696. The molecule has 1 aromatic heterocycles. The number of rotatable bonds is 3. The van der Waals surface area contributed by atoms with E-state index in [1.807, 2.05) is 30.3 Å². The predicted octanol–water partition coefficient (Wildman–Crippen LogP) is 4.05. The molecule has 0 aliphatic carbocycles. The van der Waals surface area contributed by atoms with Gasteiger partial charge in [-0.3, -0.25) is 0 Å². The van der Waals surface area contributed by atoms with E-state index in [1.54, 1.807) is 30.4 Å². The number of nitrogens with zero attached hydrogens (tertiary/aromatic N) is 1. The molecule has 0 bridgehead atoms. The zero-order valence-corrected chi connectivity index (χ0v) is 11.6. The number of fused-ring (bicyclic) bond motifs is 1. The molecule has 100 valence electrons. The van der Waals surface area contributed by atoms with E-state index in [1.165, 1.54) is 0 Å². The minimum atomic E-state index is -0.921. The van der Waals surface area contributed by atoms with Crippen molar-refractivity contribution in [2.45, 2.75) is 6.92 Å². The van der Waals surface area contributed by atoms with Crippen LogP contribution in [0.2, 0.25) is 0 Å². The zero-order valence-electron chi connectivity index (χ0n) is 10.8. The maximum Gasteiger partial charge on any atom is 0.336 e. The Morgan fingerprint density at radius 2 is 2.05 bits per heavy atom. The third kappa shape index (κ3) is 2.35. The van der Waals surface area contributed by atoms with Gasteiger partial charge in [-0.2, -0.15) is 0 Å². The van der Waals surface area contributed by atoms with Gasteiger partial charge in [-0.1, -0.05) is 29.5 Å². The summed E-state index contributed by atoms with van der Waals surface area (Å²) in [5, 5.41) is 13.0. The molecule has 0 saturated carbocycles. The first kappa shape index (κ1) is 12.6. The molecule has 0 aliphatic rings. The molecule has 3 aromatic rings. The predicted molar refractivity (Wildman–Crippen MR) is 81.0 cm³/mol. The van der Waals surface area contributed by atoms with Gasteiger partial charge in [-0.05, 0) is 36.8 Å². The second kappa shape index (κ2) is 4.94. The van der Waals surface area contributed by atoms with E-state index in [0.29, 0.717) is 5.56 Å². The van der Waals surface area contributed by atoms with Gasteiger partial charge in [0.25, 0.3) is 0 Å². The first-order chi connectivity index (χ1) is 9.63. The van der Waals surface area contributed by atoms with Crippen LogP contribution in [-0.4, -0.2) is 16.1 Å². The van der Waals surface area contributed by atoms with Crippen LogP contribution in [0.4, 0.5) is 10.8 Å². The molecule has 0 amide bonds. The molecule has 0 atom stereocenters. The number of carbonyl (C=O) groups is 1. The highest BCUT2D eigenvalue weighted by atomic mass is 32.1. The number of hydrogen-bond donors (Lipinski definition) is 2. The molecule has 4 nitrogen and oxygen atoms in total. The Labute approximate surface area is 119 Å². The third-order valence-corrected chi connectivity index (χ3v) is 3.96. The van der Waals surface area contributed by atoms with Gasteiger partial charge in [0.2, 0.25) is 0 Å². The third-order valence-electron chi connectivity index (χ3n) is 3.01. The smallest absolute Gasteiger partial charge is 0.336 e. The number of thiazole rings is 1. The van der Waals surface area contributed by atoms with Crippen LogP contribution in [-0.2, 0) is 0 Å². The number of aromatic carboxylic acids is 1. The highest BCUT2D eigenvalue weighted by Gasteiger charge is 2.09. The van der Waals surface area contributed by atoms with Crippen molar-refractivity contribution in [1.82, 2.24) is 4.98 Å². The van der Waals surface area contributed by atoms with E-state index in [0.717, 1.165) is 26.6 Å². The van der Waals surface area contributed by atoms with Gasteiger partial charge in [0.05, 0.1) is 15.8 Å². The van der Waals surface area contributed by atoms with Crippen molar-refractivity contribution in [3.63, 3.8) is 0 Å². The van der Waals surface area contributed by atoms with Crippen molar-refractivity contribution in [2.75, 3.05) is 5.32 Å². The molecule has 0 spiro atoms. The van der Waals surface area contributed by atoms with Crippen molar-refractivity contribution in [2.24, 2.45) is 0 Å². The summed E-state index contributed by atoms with van der Waals surface area (Å²) in [6, 6.07) is 13.2. The summed E-state index contributed by atoms with van der Waals surface area (Å²) in [6.45, 7) is 1.78. The Morgan fingerprint density at radius 3 is 2.80 bits per heavy atom. The highest BCUT2D eigenvalue weighted by molar-refractivity contribution is 7.22. The van der Waals surface area contributed by atoms with Crippen LogP contribution in [0.1, 0.15) is 15.9 Å². The van der Waals surface area contributed by atoms with Gasteiger partial charge in [0.1, 0.15) is 0 Å². The number of carboxylic acid groups (broad SMARTS) is 1. The Bertz CT molecular complexity index is 762. The Hall–Kier alpha value is -2.40. The summed E-state index contributed by atoms with van der Waals surface area (Å²) in [7, 11) is 0. The largest absolute Gasteiger partial charge is 0.478 e. The number of hydrogen-bond acceptors (Lipinski definition) is 4. The number of benzene rings is 2. The summed E-state index contributed by atoms with van der Waals surface area (Å²) >= 11 is 1.54. The van der Waals surface area contributed by atoms with E-state index in [4.69, 9.17) is 5.11 Å². The highest BCUT2D eigenvalue weighted by Crippen LogP contribution is 2.28. The summed E-state index contributed by atoms with van der Waals surface area (Å²) < 4.78 is 1.10. The summed E-state index contributed by atoms with van der Waals surface area (Å²) in [5.74, 6) is -0.921. The fraction of sp³-hybridized carbons (Fsp3) is 0.0667. The van der Waals surface area contributed by atoms with Gasteiger partial charge in [-0.25, -0.2) is 9.78 Å². The average molecular weight is 284 g/mol. The van der Waals surface area contributed by atoms with E-state index in [2.05, 4.69) is 10.3 Å². The minimum absolute atomic E-state index is 0.302. The van der Waals surface area contributed by atoms with Crippen LogP contribution in [0.15, 0.2) is 42.5 Å². The molecule has 3 rings (SSSR count). The van der Waals surface area contributed by atoms with Gasteiger partial charge in [-0.15, -0.1) is 0 Å². The number of aromatic nitrogens is 1. The first-order valence-electron chi connectivity index (χ1n) is 6.10. The second-order valence-corrected chi connectivity index (χ2v) is 5.48.